The third kappa shape index (κ3) is 4.21. The van der Waals surface area contributed by atoms with Gasteiger partial charge in [0.1, 0.15) is 11.3 Å². The quantitative estimate of drug-likeness (QED) is 0.576. The maximum atomic E-state index is 12.1. The van der Waals surface area contributed by atoms with Crippen molar-refractivity contribution in [3.05, 3.63) is 29.8 Å². The highest BCUT2D eigenvalue weighted by Gasteiger charge is 2.34. The standard InChI is InChI=1S/C15H23NO4/c1-15(14(17)20-4,16-9-10-18-2)11-12-7-5-6-8-13(12)19-3/h5-8,16H,9-11H2,1-4H3. The lowest BCUT2D eigenvalue weighted by Gasteiger charge is -2.28. The molecule has 0 aliphatic rings. The molecule has 0 bridgehead atoms. The van der Waals surface area contributed by atoms with Gasteiger partial charge in [0.2, 0.25) is 0 Å². The second-order valence-corrected chi connectivity index (χ2v) is 4.73. The highest BCUT2D eigenvalue weighted by atomic mass is 16.5. The zero-order valence-corrected chi connectivity index (χ0v) is 12.6. The van der Waals surface area contributed by atoms with Crippen molar-refractivity contribution >= 4 is 5.97 Å². The van der Waals surface area contributed by atoms with Gasteiger partial charge in [-0.05, 0) is 18.6 Å². The first-order chi connectivity index (χ1) is 9.57. The van der Waals surface area contributed by atoms with Crippen molar-refractivity contribution in [2.24, 2.45) is 0 Å². The maximum absolute atomic E-state index is 12.1. The minimum Gasteiger partial charge on any atom is -0.496 e. The summed E-state index contributed by atoms with van der Waals surface area (Å²) in [5, 5.41) is 3.19. The first-order valence-corrected chi connectivity index (χ1v) is 6.51. The normalized spacial score (nSPS) is 13.6. The molecular weight excluding hydrogens is 258 g/mol. The highest BCUT2D eigenvalue weighted by molar-refractivity contribution is 5.80. The van der Waals surface area contributed by atoms with E-state index in [0.29, 0.717) is 19.6 Å². The van der Waals surface area contributed by atoms with E-state index < -0.39 is 5.54 Å². The molecule has 0 radical (unpaired) electrons. The van der Waals surface area contributed by atoms with Crippen LogP contribution in [0.4, 0.5) is 0 Å². The van der Waals surface area contributed by atoms with E-state index >= 15 is 0 Å². The molecule has 0 fully saturated rings. The molecule has 0 aliphatic heterocycles. The predicted molar refractivity (Wildman–Crippen MR) is 77.0 cm³/mol. The van der Waals surface area contributed by atoms with Crippen LogP contribution in [-0.2, 0) is 20.7 Å². The summed E-state index contributed by atoms with van der Waals surface area (Å²) < 4.78 is 15.2. The van der Waals surface area contributed by atoms with Crippen LogP contribution in [0.1, 0.15) is 12.5 Å². The van der Waals surface area contributed by atoms with E-state index in [9.17, 15) is 4.79 Å². The Hall–Kier alpha value is -1.59. The Morgan fingerprint density at radius 3 is 2.55 bits per heavy atom. The van der Waals surface area contributed by atoms with Gasteiger partial charge in [-0.1, -0.05) is 18.2 Å². The fourth-order valence-electron chi connectivity index (χ4n) is 2.09. The van der Waals surface area contributed by atoms with Gasteiger partial charge in [-0.2, -0.15) is 0 Å². The summed E-state index contributed by atoms with van der Waals surface area (Å²) in [5.74, 6) is 0.454. The van der Waals surface area contributed by atoms with Crippen LogP contribution < -0.4 is 10.1 Å². The molecule has 112 valence electrons. The lowest BCUT2D eigenvalue weighted by atomic mass is 9.92. The molecular formula is C15H23NO4. The van der Waals surface area contributed by atoms with E-state index in [2.05, 4.69) is 5.32 Å². The number of carbonyl (C=O) groups is 1. The van der Waals surface area contributed by atoms with Crippen molar-refractivity contribution in [1.29, 1.82) is 0 Å². The number of methoxy groups -OCH3 is 3. The maximum Gasteiger partial charge on any atom is 0.326 e. The summed E-state index contributed by atoms with van der Waals surface area (Å²) in [7, 11) is 4.63. The molecule has 1 rings (SSSR count). The first-order valence-electron chi connectivity index (χ1n) is 6.51. The number of carbonyl (C=O) groups excluding carboxylic acids is 1. The number of para-hydroxylation sites is 1. The second-order valence-electron chi connectivity index (χ2n) is 4.73. The van der Waals surface area contributed by atoms with Gasteiger partial charge in [-0.3, -0.25) is 10.1 Å². The molecule has 20 heavy (non-hydrogen) atoms. The Balaban J connectivity index is 2.91. The SMILES string of the molecule is COCCNC(C)(Cc1ccccc1OC)C(=O)OC. The average molecular weight is 281 g/mol. The van der Waals surface area contributed by atoms with Crippen molar-refractivity contribution in [1.82, 2.24) is 5.32 Å². The minimum atomic E-state index is -0.818. The third-order valence-electron chi connectivity index (χ3n) is 3.19. The highest BCUT2D eigenvalue weighted by Crippen LogP contribution is 2.23. The fraction of sp³-hybridized carbons (Fsp3) is 0.533. The molecule has 5 nitrogen and oxygen atoms in total. The Morgan fingerprint density at radius 2 is 1.95 bits per heavy atom. The zero-order valence-electron chi connectivity index (χ0n) is 12.6. The van der Waals surface area contributed by atoms with E-state index in [4.69, 9.17) is 14.2 Å². The van der Waals surface area contributed by atoms with Gasteiger partial charge in [0.15, 0.2) is 0 Å². The number of rotatable bonds is 8. The molecule has 0 aromatic heterocycles. The molecule has 5 heteroatoms. The first kappa shape index (κ1) is 16.5. The Labute approximate surface area is 120 Å². The number of benzene rings is 1. The van der Waals surface area contributed by atoms with E-state index in [1.807, 2.05) is 31.2 Å². The van der Waals surface area contributed by atoms with Crippen molar-refractivity contribution in [2.75, 3.05) is 34.5 Å². The molecule has 1 N–H and O–H groups in total. The van der Waals surface area contributed by atoms with E-state index in [1.165, 1.54) is 7.11 Å². The average Bonchev–Trinajstić information content (AvgIpc) is 2.47. The number of nitrogens with one attached hydrogen (secondary N) is 1. The van der Waals surface area contributed by atoms with Crippen molar-refractivity contribution < 1.29 is 19.0 Å². The molecule has 1 aromatic carbocycles. The van der Waals surface area contributed by atoms with Gasteiger partial charge in [0, 0.05) is 20.1 Å². The van der Waals surface area contributed by atoms with Gasteiger partial charge in [0.05, 0.1) is 20.8 Å². The van der Waals surface area contributed by atoms with Gasteiger partial charge < -0.3 is 14.2 Å². The molecule has 0 saturated heterocycles. The minimum absolute atomic E-state index is 0.306. The summed E-state index contributed by atoms with van der Waals surface area (Å²) in [4.78, 5) is 12.1. The Morgan fingerprint density at radius 1 is 1.25 bits per heavy atom. The van der Waals surface area contributed by atoms with Gasteiger partial charge >= 0.3 is 5.97 Å². The smallest absolute Gasteiger partial charge is 0.326 e. The molecule has 1 unspecified atom stereocenters. The van der Waals surface area contributed by atoms with Crippen molar-refractivity contribution in [3.8, 4) is 5.75 Å². The van der Waals surface area contributed by atoms with Crippen LogP contribution in [0, 0.1) is 0 Å². The monoisotopic (exact) mass is 281 g/mol. The molecule has 0 amide bonds. The summed E-state index contributed by atoms with van der Waals surface area (Å²) in [6.45, 7) is 2.91. The fourth-order valence-corrected chi connectivity index (χ4v) is 2.09. The van der Waals surface area contributed by atoms with Crippen LogP contribution in [0.3, 0.4) is 0 Å². The number of ether oxygens (including phenoxy) is 3. The van der Waals surface area contributed by atoms with E-state index in [-0.39, 0.29) is 5.97 Å². The predicted octanol–water partition coefficient (Wildman–Crippen LogP) is 1.41. The molecule has 0 aliphatic carbocycles. The summed E-state index contributed by atoms with van der Waals surface area (Å²) in [6.07, 6.45) is 0.480. The Kier molecular flexibility index (Phi) is 6.48. The summed E-state index contributed by atoms with van der Waals surface area (Å²) in [5.41, 5.74) is 0.134. The zero-order chi connectivity index (χ0) is 15.0. The molecule has 0 saturated carbocycles. The van der Waals surface area contributed by atoms with Gasteiger partial charge in [0.25, 0.3) is 0 Å². The van der Waals surface area contributed by atoms with Crippen LogP contribution in [0.2, 0.25) is 0 Å². The lowest BCUT2D eigenvalue weighted by Crippen LogP contribution is -2.53. The lowest BCUT2D eigenvalue weighted by molar-refractivity contribution is -0.148. The molecule has 1 atom stereocenters. The van der Waals surface area contributed by atoms with Crippen molar-refractivity contribution in [2.45, 2.75) is 18.9 Å². The molecule has 0 heterocycles. The summed E-state index contributed by atoms with van der Waals surface area (Å²) in [6, 6.07) is 7.64. The number of hydrogen-bond acceptors (Lipinski definition) is 5. The topological polar surface area (TPSA) is 56.8 Å². The van der Waals surface area contributed by atoms with E-state index in [0.717, 1.165) is 11.3 Å². The largest absolute Gasteiger partial charge is 0.496 e. The van der Waals surface area contributed by atoms with Crippen LogP contribution in [0.15, 0.2) is 24.3 Å². The molecule has 0 spiro atoms. The number of hydrogen-bond donors (Lipinski definition) is 1. The van der Waals surface area contributed by atoms with Crippen LogP contribution in [0.25, 0.3) is 0 Å². The second kappa shape index (κ2) is 7.87. The van der Waals surface area contributed by atoms with Crippen LogP contribution in [0.5, 0.6) is 5.75 Å². The van der Waals surface area contributed by atoms with Crippen LogP contribution >= 0.6 is 0 Å². The number of esters is 1. The Bertz CT molecular complexity index is 436. The van der Waals surface area contributed by atoms with Gasteiger partial charge in [-0.15, -0.1) is 0 Å². The summed E-state index contributed by atoms with van der Waals surface area (Å²) >= 11 is 0. The van der Waals surface area contributed by atoms with Crippen molar-refractivity contribution in [3.63, 3.8) is 0 Å². The third-order valence-corrected chi connectivity index (χ3v) is 3.19. The van der Waals surface area contributed by atoms with Gasteiger partial charge in [-0.25, -0.2) is 0 Å². The molecule has 1 aromatic rings. The van der Waals surface area contributed by atoms with E-state index in [1.54, 1.807) is 14.2 Å². The van der Waals surface area contributed by atoms with Crippen LogP contribution in [-0.4, -0.2) is 46.0 Å².